The Balaban J connectivity index is 0.000000447. The number of hydrogen-bond acceptors (Lipinski definition) is 5. The van der Waals surface area contributed by atoms with Crippen LogP contribution >= 0.6 is 0 Å². The Morgan fingerprint density at radius 3 is 2.35 bits per heavy atom. The van der Waals surface area contributed by atoms with Crippen LogP contribution in [0.15, 0.2) is 30.3 Å². The van der Waals surface area contributed by atoms with Crippen LogP contribution < -0.4 is 5.73 Å². The Morgan fingerprint density at radius 2 is 1.81 bits per heavy atom. The van der Waals surface area contributed by atoms with E-state index >= 15 is 0 Å². The molecule has 7 heteroatoms. The number of hydrogen-bond donors (Lipinski definition) is 2. The van der Waals surface area contributed by atoms with Crippen molar-refractivity contribution in [2.45, 2.75) is 69.4 Å². The average molecular weight is 357 g/mol. The highest BCUT2D eigenvalue weighted by atomic mass is 16.4. The number of benzene rings is 1. The predicted molar refractivity (Wildman–Crippen MR) is 97.7 cm³/mol. The molecule has 0 radical (unpaired) electrons. The molecule has 2 saturated carbocycles. The molecule has 2 aliphatic carbocycles. The van der Waals surface area contributed by atoms with E-state index in [2.05, 4.69) is 40.6 Å². The van der Waals surface area contributed by atoms with Crippen LogP contribution in [-0.4, -0.2) is 37.3 Å². The number of tetrazole rings is 1. The first-order chi connectivity index (χ1) is 12.5. The molecule has 1 heterocycles. The van der Waals surface area contributed by atoms with Gasteiger partial charge in [0, 0.05) is 13.0 Å². The third kappa shape index (κ3) is 3.93. The molecule has 4 rings (SSSR count). The van der Waals surface area contributed by atoms with Crippen LogP contribution in [0.4, 0.5) is 0 Å². The molecule has 0 unspecified atom stereocenters. The van der Waals surface area contributed by atoms with E-state index in [9.17, 15) is 0 Å². The molecule has 2 aromatic rings. The Morgan fingerprint density at radius 1 is 1.19 bits per heavy atom. The molecule has 7 nitrogen and oxygen atoms in total. The second-order valence-electron chi connectivity index (χ2n) is 7.32. The largest absolute Gasteiger partial charge is 0.481 e. The third-order valence-electron chi connectivity index (χ3n) is 5.46. The lowest BCUT2D eigenvalue weighted by Crippen LogP contribution is -2.37. The van der Waals surface area contributed by atoms with Gasteiger partial charge in [-0.2, -0.15) is 4.80 Å². The van der Waals surface area contributed by atoms with Crippen LogP contribution in [0.1, 0.15) is 69.3 Å². The Bertz CT molecular complexity index is 715. The van der Waals surface area contributed by atoms with Crippen LogP contribution in [0.2, 0.25) is 0 Å². The van der Waals surface area contributed by atoms with E-state index in [1.54, 1.807) is 0 Å². The fourth-order valence-corrected chi connectivity index (χ4v) is 3.83. The summed E-state index contributed by atoms with van der Waals surface area (Å²) in [6, 6.07) is 11.4. The van der Waals surface area contributed by atoms with Crippen molar-refractivity contribution in [1.82, 2.24) is 20.2 Å². The summed E-state index contributed by atoms with van der Waals surface area (Å²) in [6.45, 7) is 1.08. The number of carboxylic acid groups (broad SMARTS) is 1. The van der Waals surface area contributed by atoms with E-state index in [1.165, 1.54) is 12.0 Å². The number of nitrogens with zero attached hydrogens (tertiary/aromatic N) is 4. The molecule has 1 aromatic carbocycles. The van der Waals surface area contributed by atoms with E-state index in [1.807, 2.05) is 4.80 Å². The summed E-state index contributed by atoms with van der Waals surface area (Å²) in [5, 5.41) is 21.0. The standard InChI is InChI=1S/C17H23N5.C2H4O2/c18-14-7-9-15(10-8-14)22-20-16(19-21-22)17(11-4-12-17)13-5-2-1-3-6-13;1-2(3)4/h1-3,5-6,14-15H,4,7-12,18H2;1H3,(H,3,4). The summed E-state index contributed by atoms with van der Waals surface area (Å²) in [5.74, 6) is 0.0693. The summed E-state index contributed by atoms with van der Waals surface area (Å²) >= 11 is 0. The second-order valence-corrected chi connectivity index (χ2v) is 7.32. The molecule has 0 amide bonds. The van der Waals surface area contributed by atoms with Crippen molar-refractivity contribution < 1.29 is 9.90 Å². The maximum Gasteiger partial charge on any atom is 0.300 e. The van der Waals surface area contributed by atoms with E-state index < -0.39 is 5.97 Å². The molecule has 140 valence electrons. The van der Waals surface area contributed by atoms with Gasteiger partial charge in [0.05, 0.1) is 11.5 Å². The van der Waals surface area contributed by atoms with Crippen molar-refractivity contribution in [3.8, 4) is 0 Å². The van der Waals surface area contributed by atoms with E-state index in [0.29, 0.717) is 12.1 Å². The molecule has 0 aliphatic heterocycles. The van der Waals surface area contributed by atoms with Gasteiger partial charge >= 0.3 is 0 Å². The number of carbonyl (C=O) groups is 1. The smallest absolute Gasteiger partial charge is 0.300 e. The fourth-order valence-electron chi connectivity index (χ4n) is 3.83. The van der Waals surface area contributed by atoms with Gasteiger partial charge in [-0.3, -0.25) is 4.79 Å². The average Bonchev–Trinajstić information content (AvgIpc) is 3.05. The van der Waals surface area contributed by atoms with Crippen molar-refractivity contribution in [3.05, 3.63) is 41.7 Å². The van der Waals surface area contributed by atoms with Crippen molar-refractivity contribution in [1.29, 1.82) is 0 Å². The lowest BCUT2D eigenvalue weighted by Gasteiger charge is -2.39. The molecule has 0 saturated heterocycles. The van der Waals surface area contributed by atoms with Gasteiger partial charge in [-0.25, -0.2) is 0 Å². The van der Waals surface area contributed by atoms with Crippen molar-refractivity contribution >= 4 is 5.97 Å². The van der Waals surface area contributed by atoms with Crippen LogP contribution in [0.3, 0.4) is 0 Å². The molecule has 2 fully saturated rings. The van der Waals surface area contributed by atoms with Crippen LogP contribution in [-0.2, 0) is 10.2 Å². The molecular formula is C19H27N5O2. The monoisotopic (exact) mass is 357 g/mol. The van der Waals surface area contributed by atoms with Crippen molar-refractivity contribution in [2.24, 2.45) is 5.73 Å². The normalized spacial score (nSPS) is 24.1. The zero-order valence-corrected chi connectivity index (χ0v) is 15.2. The van der Waals surface area contributed by atoms with Crippen LogP contribution in [0, 0.1) is 0 Å². The number of rotatable bonds is 3. The van der Waals surface area contributed by atoms with Crippen LogP contribution in [0.25, 0.3) is 0 Å². The Hall–Kier alpha value is -2.28. The zero-order valence-electron chi connectivity index (χ0n) is 15.2. The molecule has 0 spiro atoms. The van der Waals surface area contributed by atoms with Gasteiger partial charge in [-0.05, 0) is 49.3 Å². The maximum atomic E-state index is 9.00. The van der Waals surface area contributed by atoms with Crippen LogP contribution in [0.5, 0.6) is 0 Å². The minimum absolute atomic E-state index is 0.00935. The molecule has 3 N–H and O–H groups in total. The number of carboxylic acids is 1. The molecule has 0 atom stereocenters. The fraction of sp³-hybridized carbons (Fsp3) is 0.579. The molecule has 26 heavy (non-hydrogen) atoms. The molecule has 2 aliphatic rings. The van der Waals surface area contributed by atoms with Gasteiger partial charge < -0.3 is 10.8 Å². The lowest BCUT2D eigenvalue weighted by atomic mass is 9.64. The minimum Gasteiger partial charge on any atom is -0.481 e. The SMILES string of the molecule is CC(=O)O.NC1CCC(n2nnc(C3(c4ccccc4)CCC3)n2)CC1. The van der Waals surface area contributed by atoms with Gasteiger partial charge in [0.25, 0.3) is 5.97 Å². The highest BCUT2D eigenvalue weighted by molar-refractivity contribution is 5.62. The second kappa shape index (κ2) is 7.95. The minimum atomic E-state index is -0.833. The quantitative estimate of drug-likeness (QED) is 0.874. The summed E-state index contributed by atoms with van der Waals surface area (Å²) in [6.07, 6.45) is 7.74. The maximum absolute atomic E-state index is 9.00. The first kappa shape index (κ1) is 18.5. The zero-order chi connectivity index (χ0) is 18.6. The highest BCUT2D eigenvalue weighted by Gasteiger charge is 2.44. The summed E-state index contributed by atoms with van der Waals surface area (Å²) in [5.41, 5.74) is 7.31. The summed E-state index contributed by atoms with van der Waals surface area (Å²) in [7, 11) is 0. The first-order valence-corrected chi connectivity index (χ1v) is 9.32. The topological polar surface area (TPSA) is 107 Å². The van der Waals surface area contributed by atoms with E-state index in [-0.39, 0.29) is 5.41 Å². The first-order valence-electron chi connectivity index (χ1n) is 9.32. The predicted octanol–water partition coefficient (Wildman–Crippen LogP) is 2.68. The summed E-state index contributed by atoms with van der Waals surface area (Å²) < 4.78 is 0. The van der Waals surface area contributed by atoms with Crippen molar-refractivity contribution in [3.63, 3.8) is 0 Å². The highest BCUT2D eigenvalue weighted by Crippen LogP contribution is 2.47. The van der Waals surface area contributed by atoms with Gasteiger partial charge in [0.15, 0.2) is 5.82 Å². The molecule has 0 bridgehead atoms. The number of aromatic nitrogens is 4. The Labute approximate surface area is 153 Å². The number of aliphatic carboxylic acids is 1. The third-order valence-corrected chi connectivity index (χ3v) is 5.46. The van der Waals surface area contributed by atoms with Gasteiger partial charge in [-0.1, -0.05) is 36.8 Å². The number of nitrogens with two attached hydrogens (primary N) is 1. The van der Waals surface area contributed by atoms with Crippen molar-refractivity contribution in [2.75, 3.05) is 0 Å². The molecule has 1 aromatic heterocycles. The van der Waals surface area contributed by atoms with Gasteiger partial charge in [0.2, 0.25) is 0 Å². The lowest BCUT2D eigenvalue weighted by molar-refractivity contribution is -0.134. The van der Waals surface area contributed by atoms with Gasteiger partial charge in [0.1, 0.15) is 0 Å². The van der Waals surface area contributed by atoms with E-state index in [4.69, 9.17) is 20.7 Å². The molecular weight excluding hydrogens is 330 g/mol. The summed E-state index contributed by atoms with van der Waals surface area (Å²) in [4.78, 5) is 10.9. The van der Waals surface area contributed by atoms with E-state index in [0.717, 1.165) is 51.3 Å². The Kier molecular flexibility index (Phi) is 5.66. The van der Waals surface area contributed by atoms with Gasteiger partial charge in [-0.15, -0.1) is 10.2 Å².